The molecule has 1 aliphatic rings. The first-order valence-corrected chi connectivity index (χ1v) is 14.2. The molecular formula is C32H39FN2O11. The average Bonchev–Trinajstić information content (AvgIpc) is 3.02. The number of carboxylic acid groups (broad SMARTS) is 5. The van der Waals surface area contributed by atoms with Crippen LogP contribution in [0.15, 0.2) is 78.9 Å². The van der Waals surface area contributed by atoms with Gasteiger partial charge in [-0.25, -0.2) is 23.6 Å². The lowest BCUT2D eigenvalue weighted by atomic mass is 10.0. The average molecular weight is 647 g/mol. The number of piperazine rings is 1. The van der Waals surface area contributed by atoms with Gasteiger partial charge in [0.1, 0.15) is 11.9 Å². The second kappa shape index (κ2) is 22.6. The maximum atomic E-state index is 13.3. The molecule has 2 aromatic rings. The fourth-order valence-electron chi connectivity index (χ4n) is 4.08. The molecule has 1 atom stereocenters. The highest BCUT2D eigenvalue weighted by Crippen LogP contribution is 2.26. The molecule has 46 heavy (non-hydrogen) atoms. The van der Waals surface area contributed by atoms with E-state index in [-0.39, 0.29) is 18.3 Å². The van der Waals surface area contributed by atoms with Crippen LogP contribution in [0.2, 0.25) is 0 Å². The molecule has 2 aromatic carbocycles. The van der Waals surface area contributed by atoms with Gasteiger partial charge in [-0.1, -0.05) is 42.5 Å². The summed E-state index contributed by atoms with van der Waals surface area (Å²) in [4.78, 5) is 53.6. The molecule has 1 fully saturated rings. The van der Waals surface area contributed by atoms with Crippen molar-refractivity contribution in [2.45, 2.75) is 25.4 Å². The van der Waals surface area contributed by atoms with E-state index in [2.05, 4.69) is 9.80 Å². The van der Waals surface area contributed by atoms with Gasteiger partial charge in [-0.05, 0) is 42.6 Å². The molecule has 0 saturated carbocycles. The minimum atomic E-state index is -1.26. The number of rotatable bonds is 15. The number of unbranched alkanes of at least 4 members (excludes halogenated alkanes) is 1. The molecule has 3 rings (SSSR count). The quantitative estimate of drug-likeness (QED) is 0.140. The van der Waals surface area contributed by atoms with Crippen LogP contribution in [0.25, 0.3) is 0 Å². The third-order valence-electron chi connectivity index (χ3n) is 6.28. The van der Waals surface area contributed by atoms with E-state index in [1.54, 1.807) is 12.1 Å². The molecule has 1 unspecified atom stereocenters. The summed E-state index contributed by atoms with van der Waals surface area (Å²) in [5.41, 5.74) is 2.02. The van der Waals surface area contributed by atoms with E-state index in [1.807, 2.05) is 30.3 Å². The van der Waals surface area contributed by atoms with Gasteiger partial charge in [-0.15, -0.1) is 0 Å². The molecule has 0 amide bonds. The standard InChI is InChI=1S/C24H31FN2O3.2C4H4O4/c25-22-11-9-21(10-12-22)24(20-6-2-1-3-7-20)30-19-18-27-16-14-26(15-17-27)13-5-4-8-23(28)29;2*5-3(6)1-2-4(7)8/h1-3,6-7,9-12,24H,4-5,8,13-19H2,(H,28,29);2*1-2H,(H,5,6)(H,7,8)/b;2*2-1+. The Morgan fingerprint density at radius 1 is 0.652 bits per heavy atom. The normalized spacial score (nSPS) is 14.0. The summed E-state index contributed by atoms with van der Waals surface area (Å²) in [6, 6.07) is 16.6. The third kappa shape index (κ3) is 19.4. The fourth-order valence-corrected chi connectivity index (χ4v) is 4.08. The van der Waals surface area contributed by atoms with Crippen LogP contribution < -0.4 is 0 Å². The number of carbonyl (C=O) groups is 5. The number of carboxylic acids is 5. The van der Waals surface area contributed by atoms with E-state index in [4.69, 9.17) is 30.3 Å². The second-order valence-electron chi connectivity index (χ2n) is 9.77. The predicted molar refractivity (Wildman–Crippen MR) is 164 cm³/mol. The number of benzene rings is 2. The predicted octanol–water partition coefficient (Wildman–Crippen LogP) is 3.23. The summed E-state index contributed by atoms with van der Waals surface area (Å²) in [7, 11) is 0. The van der Waals surface area contributed by atoms with Gasteiger partial charge in [-0.3, -0.25) is 9.69 Å². The van der Waals surface area contributed by atoms with E-state index >= 15 is 0 Å². The van der Waals surface area contributed by atoms with Crippen molar-refractivity contribution in [1.29, 1.82) is 0 Å². The van der Waals surface area contributed by atoms with Crippen LogP contribution >= 0.6 is 0 Å². The van der Waals surface area contributed by atoms with Crippen molar-refractivity contribution >= 4 is 29.8 Å². The van der Waals surface area contributed by atoms with Gasteiger partial charge in [0.2, 0.25) is 0 Å². The Hall–Kier alpha value is -4.92. The van der Waals surface area contributed by atoms with E-state index in [1.165, 1.54) is 12.1 Å². The molecule has 0 bridgehead atoms. The number of hydrogen-bond donors (Lipinski definition) is 5. The first-order valence-electron chi connectivity index (χ1n) is 14.2. The van der Waals surface area contributed by atoms with Crippen molar-refractivity contribution in [2.24, 2.45) is 0 Å². The van der Waals surface area contributed by atoms with Gasteiger partial charge in [0.25, 0.3) is 0 Å². The van der Waals surface area contributed by atoms with Crippen molar-refractivity contribution in [3.05, 3.63) is 95.8 Å². The Labute approximate surface area is 265 Å². The van der Waals surface area contributed by atoms with Crippen molar-refractivity contribution in [3.8, 4) is 0 Å². The molecule has 250 valence electrons. The summed E-state index contributed by atoms with van der Waals surface area (Å²) in [6.45, 7) is 6.44. The maximum absolute atomic E-state index is 13.3. The Kier molecular flexibility index (Phi) is 19.2. The smallest absolute Gasteiger partial charge is 0.328 e. The summed E-state index contributed by atoms with van der Waals surface area (Å²) in [6.07, 6.45) is 3.96. The molecule has 1 aliphatic heterocycles. The minimum absolute atomic E-state index is 0.206. The molecule has 5 N–H and O–H groups in total. The molecule has 1 saturated heterocycles. The highest BCUT2D eigenvalue weighted by atomic mass is 19.1. The van der Waals surface area contributed by atoms with E-state index in [9.17, 15) is 28.4 Å². The van der Waals surface area contributed by atoms with E-state index < -0.39 is 29.8 Å². The van der Waals surface area contributed by atoms with Crippen LogP contribution in [-0.2, 0) is 28.7 Å². The molecule has 14 heteroatoms. The van der Waals surface area contributed by atoms with Crippen molar-refractivity contribution in [3.63, 3.8) is 0 Å². The second-order valence-corrected chi connectivity index (χ2v) is 9.77. The van der Waals surface area contributed by atoms with Gasteiger partial charge >= 0.3 is 29.8 Å². The highest BCUT2D eigenvalue weighted by molar-refractivity contribution is 5.90. The number of aliphatic carboxylic acids is 5. The maximum Gasteiger partial charge on any atom is 0.328 e. The molecule has 13 nitrogen and oxygen atoms in total. The molecule has 0 aromatic heterocycles. The summed E-state index contributed by atoms with van der Waals surface area (Å²) < 4.78 is 19.6. The lowest BCUT2D eigenvalue weighted by Gasteiger charge is -2.34. The molecule has 0 spiro atoms. The van der Waals surface area contributed by atoms with E-state index in [0.717, 1.165) is 63.2 Å². The third-order valence-corrected chi connectivity index (χ3v) is 6.28. The van der Waals surface area contributed by atoms with Gasteiger partial charge in [0, 0.05) is 63.4 Å². The Morgan fingerprint density at radius 3 is 1.52 bits per heavy atom. The first-order chi connectivity index (χ1) is 21.9. The highest BCUT2D eigenvalue weighted by Gasteiger charge is 2.19. The van der Waals surface area contributed by atoms with Gasteiger partial charge in [-0.2, -0.15) is 0 Å². The number of halogens is 1. The van der Waals surface area contributed by atoms with Gasteiger partial charge in [0.15, 0.2) is 0 Å². The van der Waals surface area contributed by atoms with Gasteiger partial charge in [0.05, 0.1) is 6.61 Å². The zero-order valence-electron chi connectivity index (χ0n) is 25.1. The topological polar surface area (TPSA) is 202 Å². The summed E-state index contributed by atoms with van der Waals surface area (Å²) in [5, 5.41) is 40.0. The summed E-state index contributed by atoms with van der Waals surface area (Å²) >= 11 is 0. The molecule has 1 heterocycles. The minimum Gasteiger partial charge on any atom is -0.481 e. The first kappa shape index (κ1) is 39.1. The molecular weight excluding hydrogens is 607 g/mol. The van der Waals surface area contributed by atoms with Crippen LogP contribution in [0.5, 0.6) is 0 Å². The van der Waals surface area contributed by atoms with Crippen LogP contribution in [0.4, 0.5) is 4.39 Å². The monoisotopic (exact) mass is 646 g/mol. The van der Waals surface area contributed by atoms with Crippen molar-refractivity contribution in [1.82, 2.24) is 9.80 Å². The fraction of sp³-hybridized carbons (Fsp3) is 0.344. The zero-order chi connectivity index (χ0) is 34.3. The largest absolute Gasteiger partial charge is 0.481 e. The number of hydrogen-bond acceptors (Lipinski definition) is 8. The van der Waals surface area contributed by atoms with Crippen LogP contribution in [0.3, 0.4) is 0 Å². The van der Waals surface area contributed by atoms with Crippen LogP contribution in [0, 0.1) is 5.82 Å². The number of nitrogens with zero attached hydrogens (tertiary/aromatic N) is 2. The Morgan fingerprint density at radius 2 is 1.09 bits per heavy atom. The Bertz CT molecular complexity index is 1230. The summed E-state index contributed by atoms with van der Waals surface area (Å²) in [5.74, 6) is -5.99. The zero-order valence-corrected chi connectivity index (χ0v) is 25.1. The van der Waals surface area contributed by atoms with Crippen LogP contribution in [-0.4, -0.2) is 111 Å². The SMILES string of the molecule is O=C(O)/C=C/C(=O)O.O=C(O)/C=C/C(=O)O.O=C(O)CCCCN1CCN(CCOC(c2ccccc2)c2ccc(F)cc2)CC1. The van der Waals surface area contributed by atoms with Crippen LogP contribution in [0.1, 0.15) is 36.5 Å². The Balaban J connectivity index is 0.000000545. The number of ether oxygens (including phenoxy) is 1. The molecule has 0 radical (unpaired) electrons. The van der Waals surface area contributed by atoms with Gasteiger partial charge < -0.3 is 35.2 Å². The van der Waals surface area contributed by atoms with E-state index in [0.29, 0.717) is 30.9 Å². The lowest BCUT2D eigenvalue weighted by Crippen LogP contribution is -2.47. The van der Waals surface area contributed by atoms with Crippen molar-refractivity contribution < 1.29 is 58.6 Å². The van der Waals surface area contributed by atoms with Crippen molar-refractivity contribution in [2.75, 3.05) is 45.9 Å². The molecule has 0 aliphatic carbocycles. The lowest BCUT2D eigenvalue weighted by molar-refractivity contribution is -0.137.